The van der Waals surface area contributed by atoms with E-state index >= 15 is 0 Å². The average Bonchev–Trinajstić information content (AvgIpc) is 2.33. The molecular formula is C15H30N2O3. The van der Waals surface area contributed by atoms with Crippen LogP contribution in [-0.2, 0) is 9.53 Å². The number of ether oxygens (including phenoxy) is 1. The zero-order valence-corrected chi connectivity index (χ0v) is 14.1. The third-order valence-electron chi connectivity index (χ3n) is 3.55. The maximum absolute atomic E-state index is 12.6. The van der Waals surface area contributed by atoms with Gasteiger partial charge in [-0.15, -0.1) is 0 Å². The predicted molar refractivity (Wildman–Crippen MR) is 80.4 cm³/mol. The Morgan fingerprint density at radius 2 is 1.40 bits per heavy atom. The first-order chi connectivity index (χ1) is 9.13. The van der Waals surface area contributed by atoms with Crippen LogP contribution >= 0.6 is 0 Å². The van der Waals surface area contributed by atoms with Crippen LogP contribution < -0.4 is 5.32 Å². The van der Waals surface area contributed by atoms with Crippen LogP contribution in [0.2, 0.25) is 0 Å². The number of hydrogen-bond acceptors (Lipinski definition) is 3. The number of nitrogens with one attached hydrogen (secondary N) is 1. The van der Waals surface area contributed by atoms with Crippen molar-refractivity contribution in [1.82, 2.24) is 10.2 Å². The van der Waals surface area contributed by atoms with Crippen LogP contribution in [0.4, 0.5) is 4.79 Å². The molecule has 0 spiro atoms. The Balaban J connectivity index is 5.09. The Hall–Kier alpha value is -1.26. The van der Waals surface area contributed by atoms with Crippen molar-refractivity contribution in [2.75, 3.05) is 14.2 Å². The van der Waals surface area contributed by atoms with Gasteiger partial charge in [-0.05, 0) is 17.8 Å². The van der Waals surface area contributed by atoms with Gasteiger partial charge in [-0.1, -0.05) is 41.5 Å². The first-order valence-corrected chi connectivity index (χ1v) is 7.24. The van der Waals surface area contributed by atoms with Crippen LogP contribution in [0.3, 0.4) is 0 Å². The van der Waals surface area contributed by atoms with Gasteiger partial charge in [0.25, 0.3) is 0 Å². The second-order valence-electron chi connectivity index (χ2n) is 6.29. The van der Waals surface area contributed by atoms with E-state index in [0.29, 0.717) is 11.8 Å². The lowest BCUT2D eigenvalue weighted by molar-refractivity contribution is -0.137. The molecule has 0 aliphatic heterocycles. The number of methoxy groups -OCH3 is 1. The van der Waals surface area contributed by atoms with Gasteiger partial charge in [-0.3, -0.25) is 4.79 Å². The number of nitrogens with zero attached hydrogens (tertiary/aromatic N) is 1. The fraction of sp³-hybridized carbons (Fsp3) is 0.867. The normalized spacial score (nSPS) is 13.0. The van der Waals surface area contributed by atoms with Crippen molar-refractivity contribution in [2.45, 2.75) is 53.6 Å². The summed E-state index contributed by atoms with van der Waals surface area (Å²) in [6.45, 7) is 12.2. The highest BCUT2D eigenvalue weighted by Gasteiger charge is 2.33. The highest BCUT2D eigenvalue weighted by molar-refractivity contribution is 5.86. The summed E-state index contributed by atoms with van der Waals surface area (Å²) in [6.07, 6.45) is -0.573. The Labute approximate surface area is 123 Å². The highest BCUT2D eigenvalue weighted by atomic mass is 16.5. The molecule has 0 rings (SSSR count). The minimum absolute atomic E-state index is 0.00373. The molecule has 1 N–H and O–H groups in total. The van der Waals surface area contributed by atoms with Gasteiger partial charge in [0, 0.05) is 13.1 Å². The Kier molecular flexibility index (Phi) is 7.61. The SMILES string of the molecule is COC(=O)N[C@H](C(=O)N(C)C(C(C)C)C(C)C)C(C)C. The molecule has 118 valence electrons. The van der Waals surface area contributed by atoms with Gasteiger partial charge >= 0.3 is 6.09 Å². The second-order valence-corrected chi connectivity index (χ2v) is 6.29. The van der Waals surface area contributed by atoms with Crippen molar-refractivity contribution in [3.63, 3.8) is 0 Å². The van der Waals surface area contributed by atoms with Crippen LogP contribution in [0.15, 0.2) is 0 Å². The monoisotopic (exact) mass is 286 g/mol. The smallest absolute Gasteiger partial charge is 0.407 e. The summed E-state index contributed by atoms with van der Waals surface area (Å²) >= 11 is 0. The molecule has 0 aromatic carbocycles. The molecule has 20 heavy (non-hydrogen) atoms. The van der Waals surface area contributed by atoms with Gasteiger partial charge in [0.2, 0.25) is 5.91 Å². The van der Waals surface area contributed by atoms with Crippen LogP contribution in [-0.4, -0.2) is 43.1 Å². The summed E-state index contributed by atoms with van der Waals surface area (Å²) in [5.74, 6) is 0.645. The number of rotatable bonds is 6. The lowest BCUT2D eigenvalue weighted by Crippen LogP contribution is -2.54. The summed E-state index contributed by atoms with van der Waals surface area (Å²) in [5.41, 5.74) is 0. The molecule has 0 saturated heterocycles. The fourth-order valence-corrected chi connectivity index (χ4v) is 2.73. The Morgan fingerprint density at radius 1 is 0.950 bits per heavy atom. The molecule has 5 nitrogen and oxygen atoms in total. The van der Waals surface area contributed by atoms with Crippen molar-refractivity contribution >= 4 is 12.0 Å². The number of likely N-dealkylation sites (N-methyl/N-ethyl adjacent to an activating group) is 1. The third-order valence-corrected chi connectivity index (χ3v) is 3.55. The van der Waals surface area contributed by atoms with Gasteiger partial charge in [-0.2, -0.15) is 0 Å². The zero-order valence-electron chi connectivity index (χ0n) is 14.1. The minimum Gasteiger partial charge on any atom is -0.453 e. The van der Waals surface area contributed by atoms with E-state index in [4.69, 9.17) is 0 Å². The van der Waals surface area contributed by atoms with E-state index in [1.165, 1.54) is 7.11 Å². The van der Waals surface area contributed by atoms with Crippen molar-refractivity contribution in [1.29, 1.82) is 0 Å². The van der Waals surface area contributed by atoms with Gasteiger partial charge in [-0.25, -0.2) is 4.79 Å². The van der Waals surface area contributed by atoms with E-state index < -0.39 is 12.1 Å². The maximum Gasteiger partial charge on any atom is 0.407 e. The van der Waals surface area contributed by atoms with Crippen LogP contribution in [0.1, 0.15) is 41.5 Å². The molecule has 2 amide bonds. The summed E-state index contributed by atoms with van der Waals surface area (Å²) < 4.78 is 4.60. The Morgan fingerprint density at radius 3 is 1.70 bits per heavy atom. The van der Waals surface area contributed by atoms with Crippen molar-refractivity contribution in [2.24, 2.45) is 17.8 Å². The number of alkyl carbamates (subject to hydrolysis) is 1. The average molecular weight is 286 g/mol. The summed E-state index contributed by atoms with van der Waals surface area (Å²) in [5, 5.41) is 2.63. The number of hydrogen-bond donors (Lipinski definition) is 1. The fourth-order valence-electron chi connectivity index (χ4n) is 2.73. The van der Waals surface area contributed by atoms with E-state index in [1.807, 2.05) is 13.8 Å². The van der Waals surface area contributed by atoms with Crippen LogP contribution in [0.5, 0.6) is 0 Å². The molecule has 0 aromatic heterocycles. The molecule has 1 atom stereocenters. The molecule has 0 aliphatic carbocycles. The maximum atomic E-state index is 12.6. The molecule has 5 heteroatoms. The standard InChI is InChI=1S/C15H30N2O3/c1-9(2)12(16-15(19)20-8)14(18)17(7)13(10(3)4)11(5)6/h9-13H,1-8H3,(H,16,19)/t12-/m0/s1. The molecule has 0 heterocycles. The van der Waals surface area contributed by atoms with Crippen molar-refractivity contribution in [3.8, 4) is 0 Å². The third kappa shape index (κ3) is 5.02. The van der Waals surface area contributed by atoms with Gasteiger partial charge < -0.3 is 15.0 Å². The van der Waals surface area contributed by atoms with Crippen molar-refractivity contribution in [3.05, 3.63) is 0 Å². The van der Waals surface area contributed by atoms with Crippen LogP contribution in [0, 0.1) is 17.8 Å². The number of carbonyl (C=O) groups is 2. The van der Waals surface area contributed by atoms with Crippen LogP contribution in [0.25, 0.3) is 0 Å². The first-order valence-electron chi connectivity index (χ1n) is 7.24. The highest BCUT2D eigenvalue weighted by Crippen LogP contribution is 2.20. The Bertz CT molecular complexity index is 319. The lowest BCUT2D eigenvalue weighted by Gasteiger charge is -2.37. The zero-order chi connectivity index (χ0) is 16.0. The van der Waals surface area contributed by atoms with Crippen molar-refractivity contribution < 1.29 is 14.3 Å². The van der Waals surface area contributed by atoms with E-state index in [2.05, 4.69) is 37.7 Å². The predicted octanol–water partition coefficient (Wildman–Crippen LogP) is 2.51. The van der Waals surface area contributed by atoms with E-state index in [9.17, 15) is 9.59 Å². The summed E-state index contributed by atoms with van der Waals surface area (Å²) in [7, 11) is 3.10. The van der Waals surface area contributed by atoms with Gasteiger partial charge in [0.05, 0.1) is 7.11 Å². The van der Waals surface area contributed by atoms with E-state index in [0.717, 1.165) is 0 Å². The minimum atomic E-state index is -0.573. The van der Waals surface area contributed by atoms with Gasteiger partial charge in [0.15, 0.2) is 0 Å². The molecular weight excluding hydrogens is 256 g/mol. The number of carbonyl (C=O) groups excluding carboxylic acids is 2. The molecule has 0 fully saturated rings. The number of amides is 2. The summed E-state index contributed by atoms with van der Waals surface area (Å²) in [4.78, 5) is 25.8. The second kappa shape index (κ2) is 8.12. The molecule has 0 aromatic rings. The van der Waals surface area contributed by atoms with E-state index in [1.54, 1.807) is 11.9 Å². The molecule has 0 saturated carbocycles. The largest absolute Gasteiger partial charge is 0.453 e. The quantitative estimate of drug-likeness (QED) is 0.816. The molecule has 0 bridgehead atoms. The molecule has 0 radical (unpaired) electrons. The lowest BCUT2D eigenvalue weighted by atomic mass is 9.90. The first kappa shape index (κ1) is 18.7. The topological polar surface area (TPSA) is 58.6 Å². The van der Waals surface area contributed by atoms with Gasteiger partial charge in [0.1, 0.15) is 6.04 Å². The summed E-state index contributed by atoms with van der Waals surface area (Å²) in [6, 6.07) is -0.421. The molecule has 0 unspecified atom stereocenters. The van der Waals surface area contributed by atoms with E-state index in [-0.39, 0.29) is 17.9 Å². The molecule has 0 aliphatic rings.